The van der Waals surface area contributed by atoms with E-state index in [1.807, 2.05) is 4.90 Å². The van der Waals surface area contributed by atoms with E-state index in [0.717, 1.165) is 12.8 Å². The second-order valence-electron chi connectivity index (χ2n) is 5.08. The first-order valence-corrected chi connectivity index (χ1v) is 7.26. The second-order valence-corrected chi connectivity index (χ2v) is 5.93. The zero-order chi connectivity index (χ0) is 14.9. The average Bonchev–Trinajstić information content (AvgIpc) is 2.41. The molecule has 7 heteroatoms. The summed E-state index contributed by atoms with van der Waals surface area (Å²) in [4.78, 5) is 12.4. The number of aliphatic hydroxyl groups excluding tert-OH is 1. The standard InChI is InChI=1S/C13H16BrFN2O3/c1-8(18)9-2-4-16(5-3-9)12-7-11(15)10(14)6-13(12)17(19)20/h6-9,18H,2-5H2,1H3. The number of hydrogen-bond donors (Lipinski definition) is 1. The highest BCUT2D eigenvalue weighted by molar-refractivity contribution is 9.10. The third-order valence-electron chi connectivity index (χ3n) is 3.78. The Morgan fingerprint density at radius 1 is 1.50 bits per heavy atom. The number of nitrogens with zero attached hydrogens (tertiary/aromatic N) is 2. The van der Waals surface area contributed by atoms with Crippen LogP contribution in [0, 0.1) is 21.8 Å². The van der Waals surface area contributed by atoms with Crippen molar-refractivity contribution in [1.29, 1.82) is 0 Å². The summed E-state index contributed by atoms with van der Waals surface area (Å²) in [6.45, 7) is 2.91. The molecule has 1 atom stereocenters. The van der Waals surface area contributed by atoms with Gasteiger partial charge in [0.2, 0.25) is 0 Å². The van der Waals surface area contributed by atoms with E-state index in [2.05, 4.69) is 15.9 Å². The first-order valence-electron chi connectivity index (χ1n) is 6.46. The van der Waals surface area contributed by atoms with Crippen molar-refractivity contribution in [2.75, 3.05) is 18.0 Å². The SMILES string of the molecule is CC(O)C1CCN(c2cc(F)c(Br)cc2[N+](=O)[O-])CC1. The van der Waals surface area contributed by atoms with Crippen molar-refractivity contribution in [2.45, 2.75) is 25.9 Å². The van der Waals surface area contributed by atoms with Crippen LogP contribution in [0.4, 0.5) is 15.8 Å². The van der Waals surface area contributed by atoms with E-state index in [4.69, 9.17) is 0 Å². The predicted molar refractivity (Wildman–Crippen MR) is 77.4 cm³/mol. The first-order chi connectivity index (χ1) is 9.40. The maximum absolute atomic E-state index is 13.6. The molecular formula is C13H16BrFN2O3. The van der Waals surface area contributed by atoms with Crippen molar-refractivity contribution in [3.63, 3.8) is 0 Å². The molecule has 20 heavy (non-hydrogen) atoms. The molecular weight excluding hydrogens is 331 g/mol. The zero-order valence-electron chi connectivity index (χ0n) is 11.1. The Kier molecular flexibility index (Phi) is 4.59. The molecule has 1 aromatic rings. The van der Waals surface area contributed by atoms with Crippen molar-refractivity contribution >= 4 is 27.3 Å². The van der Waals surface area contributed by atoms with Gasteiger partial charge in [-0.15, -0.1) is 0 Å². The minimum Gasteiger partial charge on any atom is -0.393 e. The molecule has 1 unspecified atom stereocenters. The number of halogens is 2. The zero-order valence-corrected chi connectivity index (χ0v) is 12.6. The molecule has 1 aliphatic heterocycles. The van der Waals surface area contributed by atoms with Gasteiger partial charge in [0.25, 0.3) is 5.69 Å². The molecule has 0 aromatic heterocycles. The minimum absolute atomic E-state index is 0.0896. The summed E-state index contributed by atoms with van der Waals surface area (Å²) in [6.07, 6.45) is 1.10. The normalized spacial score (nSPS) is 18.1. The molecule has 0 amide bonds. The topological polar surface area (TPSA) is 66.6 Å². The number of hydrogen-bond acceptors (Lipinski definition) is 4. The van der Waals surface area contributed by atoms with Crippen LogP contribution in [0.25, 0.3) is 0 Å². The summed E-state index contributed by atoms with van der Waals surface area (Å²) in [6, 6.07) is 2.40. The highest BCUT2D eigenvalue weighted by Crippen LogP contribution is 2.35. The quantitative estimate of drug-likeness (QED) is 0.674. The number of piperidine rings is 1. The number of benzene rings is 1. The lowest BCUT2D eigenvalue weighted by Crippen LogP contribution is -2.37. The van der Waals surface area contributed by atoms with Crippen LogP contribution in [-0.4, -0.2) is 29.2 Å². The molecule has 1 saturated heterocycles. The smallest absolute Gasteiger partial charge is 0.293 e. The van der Waals surface area contributed by atoms with Gasteiger partial charge in [0.1, 0.15) is 11.5 Å². The Labute approximate surface area is 124 Å². The molecule has 1 N–H and O–H groups in total. The molecule has 1 aromatic carbocycles. The van der Waals surface area contributed by atoms with Gasteiger partial charge in [0.05, 0.1) is 15.5 Å². The molecule has 0 aliphatic carbocycles. The summed E-state index contributed by atoms with van der Waals surface area (Å²) in [5, 5.41) is 20.7. The Morgan fingerprint density at radius 2 is 2.10 bits per heavy atom. The molecule has 0 bridgehead atoms. The molecule has 1 fully saturated rings. The van der Waals surface area contributed by atoms with Gasteiger partial charge >= 0.3 is 0 Å². The van der Waals surface area contributed by atoms with E-state index >= 15 is 0 Å². The second kappa shape index (κ2) is 6.05. The van der Waals surface area contributed by atoms with Gasteiger partial charge in [-0.2, -0.15) is 0 Å². The van der Waals surface area contributed by atoms with E-state index in [0.29, 0.717) is 18.8 Å². The molecule has 5 nitrogen and oxygen atoms in total. The minimum atomic E-state index is -0.511. The fourth-order valence-electron chi connectivity index (χ4n) is 2.55. The van der Waals surface area contributed by atoms with E-state index in [-0.39, 0.29) is 22.2 Å². The summed E-state index contributed by atoms with van der Waals surface area (Å²) in [5.74, 6) is -0.311. The van der Waals surface area contributed by atoms with E-state index < -0.39 is 10.7 Å². The van der Waals surface area contributed by atoms with Crippen LogP contribution < -0.4 is 4.90 Å². The van der Waals surface area contributed by atoms with E-state index in [1.54, 1.807) is 6.92 Å². The lowest BCUT2D eigenvalue weighted by molar-refractivity contribution is -0.384. The van der Waals surface area contributed by atoms with Crippen molar-refractivity contribution in [3.05, 3.63) is 32.5 Å². The van der Waals surface area contributed by atoms with Gasteiger partial charge in [-0.1, -0.05) is 0 Å². The van der Waals surface area contributed by atoms with Crippen LogP contribution in [0.2, 0.25) is 0 Å². The molecule has 1 aliphatic rings. The highest BCUT2D eigenvalue weighted by Gasteiger charge is 2.27. The van der Waals surface area contributed by atoms with Crippen LogP contribution in [-0.2, 0) is 0 Å². The van der Waals surface area contributed by atoms with Gasteiger partial charge in [-0.25, -0.2) is 4.39 Å². The summed E-state index contributed by atoms with van der Waals surface area (Å²) < 4.78 is 13.7. The molecule has 0 saturated carbocycles. The molecule has 1 heterocycles. The molecule has 0 radical (unpaired) electrons. The van der Waals surface area contributed by atoms with Crippen LogP contribution in [0.15, 0.2) is 16.6 Å². The Morgan fingerprint density at radius 3 is 2.60 bits per heavy atom. The highest BCUT2D eigenvalue weighted by atomic mass is 79.9. The van der Waals surface area contributed by atoms with Crippen molar-refractivity contribution < 1.29 is 14.4 Å². The first kappa shape index (κ1) is 15.2. The van der Waals surface area contributed by atoms with Gasteiger partial charge in [-0.05, 0) is 41.6 Å². The Hall–Kier alpha value is -1.21. The lowest BCUT2D eigenvalue weighted by Gasteiger charge is -2.34. The number of nitro benzene ring substituents is 1. The van der Waals surface area contributed by atoms with E-state index in [1.165, 1.54) is 12.1 Å². The largest absolute Gasteiger partial charge is 0.393 e. The monoisotopic (exact) mass is 346 g/mol. The fraction of sp³-hybridized carbons (Fsp3) is 0.538. The maximum Gasteiger partial charge on any atom is 0.293 e. The molecule has 0 spiro atoms. The fourth-order valence-corrected chi connectivity index (χ4v) is 2.88. The third-order valence-corrected chi connectivity index (χ3v) is 4.38. The number of nitro groups is 1. The predicted octanol–water partition coefficient (Wildman–Crippen LogP) is 3.09. The van der Waals surface area contributed by atoms with Gasteiger partial charge in [0, 0.05) is 25.2 Å². The average molecular weight is 347 g/mol. The van der Waals surface area contributed by atoms with Gasteiger partial charge in [-0.3, -0.25) is 10.1 Å². The Balaban J connectivity index is 2.25. The van der Waals surface area contributed by atoms with Crippen molar-refractivity contribution in [2.24, 2.45) is 5.92 Å². The third kappa shape index (κ3) is 3.09. The number of aliphatic hydroxyl groups is 1. The maximum atomic E-state index is 13.6. The lowest BCUT2D eigenvalue weighted by atomic mass is 9.92. The van der Waals surface area contributed by atoms with Gasteiger partial charge in [0.15, 0.2) is 0 Å². The van der Waals surface area contributed by atoms with Crippen LogP contribution in [0.1, 0.15) is 19.8 Å². The van der Waals surface area contributed by atoms with E-state index in [9.17, 15) is 19.6 Å². The number of anilines is 1. The summed E-state index contributed by atoms with van der Waals surface area (Å²) >= 11 is 2.97. The van der Waals surface area contributed by atoms with Crippen LogP contribution in [0.3, 0.4) is 0 Å². The number of rotatable bonds is 3. The van der Waals surface area contributed by atoms with Crippen LogP contribution >= 0.6 is 15.9 Å². The Bertz CT molecular complexity index is 517. The van der Waals surface area contributed by atoms with Crippen molar-refractivity contribution in [1.82, 2.24) is 0 Å². The summed E-state index contributed by atoms with van der Waals surface area (Å²) in [7, 11) is 0. The van der Waals surface area contributed by atoms with Crippen LogP contribution in [0.5, 0.6) is 0 Å². The molecule has 110 valence electrons. The van der Waals surface area contributed by atoms with Crippen molar-refractivity contribution in [3.8, 4) is 0 Å². The summed E-state index contributed by atoms with van der Waals surface area (Å²) in [5.41, 5.74) is 0.202. The van der Waals surface area contributed by atoms with Gasteiger partial charge < -0.3 is 10.0 Å². The molecule has 2 rings (SSSR count).